The Morgan fingerprint density at radius 3 is 2.76 bits per heavy atom. The minimum absolute atomic E-state index is 0.211. The zero-order valence-electron chi connectivity index (χ0n) is 18.6. The monoisotopic (exact) mass is 464 g/mol. The summed E-state index contributed by atoms with van der Waals surface area (Å²) in [5.74, 6) is 1.38. The number of carbonyl (C=O) groups is 1. The molecule has 0 saturated carbocycles. The van der Waals surface area contributed by atoms with Gasteiger partial charge in [0.1, 0.15) is 6.61 Å². The third-order valence-electron chi connectivity index (χ3n) is 4.75. The van der Waals surface area contributed by atoms with Gasteiger partial charge in [-0.2, -0.15) is 4.98 Å². The second-order valence-corrected chi connectivity index (χ2v) is 8.21. The van der Waals surface area contributed by atoms with E-state index in [1.54, 1.807) is 36.0 Å². The third kappa shape index (κ3) is 5.65. The number of pyridine rings is 1. The summed E-state index contributed by atoms with van der Waals surface area (Å²) in [5.41, 5.74) is 3.92. The van der Waals surface area contributed by atoms with Gasteiger partial charge in [0, 0.05) is 35.9 Å². The van der Waals surface area contributed by atoms with E-state index < -0.39 is 0 Å². The first-order valence-electron chi connectivity index (χ1n) is 10.3. The van der Waals surface area contributed by atoms with Gasteiger partial charge in [0.2, 0.25) is 11.0 Å². The summed E-state index contributed by atoms with van der Waals surface area (Å²) in [5, 5.41) is 8.02. The topological polar surface area (TPSA) is 104 Å². The highest BCUT2D eigenvalue weighted by Gasteiger charge is 2.14. The number of hydrogen-bond acceptors (Lipinski definition) is 8. The SMILES string of the molecule is COCCOc1ccc(NC(=O)c2ccccc2CSc2nc3nc(C)cc(C)n3n2)cn1. The molecular formula is C23H24N6O3S. The van der Waals surface area contributed by atoms with Crippen LogP contribution in [0.4, 0.5) is 5.69 Å². The quantitative estimate of drug-likeness (QED) is 0.295. The number of benzene rings is 1. The number of hydrogen-bond donors (Lipinski definition) is 1. The molecule has 0 aliphatic heterocycles. The molecule has 0 saturated heterocycles. The smallest absolute Gasteiger partial charge is 0.256 e. The van der Waals surface area contributed by atoms with E-state index in [0.717, 1.165) is 17.0 Å². The molecule has 1 N–H and O–H groups in total. The number of aryl methyl sites for hydroxylation is 2. The van der Waals surface area contributed by atoms with Crippen molar-refractivity contribution in [3.05, 3.63) is 71.2 Å². The zero-order valence-corrected chi connectivity index (χ0v) is 19.4. The molecule has 0 spiro atoms. The molecule has 170 valence electrons. The van der Waals surface area contributed by atoms with E-state index in [0.29, 0.717) is 47.0 Å². The van der Waals surface area contributed by atoms with Gasteiger partial charge in [-0.3, -0.25) is 4.79 Å². The van der Waals surface area contributed by atoms with Gasteiger partial charge in [-0.25, -0.2) is 14.5 Å². The molecule has 4 aromatic rings. The molecule has 9 nitrogen and oxygen atoms in total. The number of nitrogens with zero attached hydrogens (tertiary/aromatic N) is 5. The Bertz CT molecular complexity index is 1260. The van der Waals surface area contributed by atoms with Crippen molar-refractivity contribution < 1.29 is 14.3 Å². The van der Waals surface area contributed by atoms with Crippen LogP contribution in [0.2, 0.25) is 0 Å². The second kappa shape index (κ2) is 10.4. The molecule has 0 fully saturated rings. The van der Waals surface area contributed by atoms with Gasteiger partial charge in [0.25, 0.3) is 11.7 Å². The van der Waals surface area contributed by atoms with Crippen LogP contribution in [0, 0.1) is 13.8 Å². The number of ether oxygens (including phenoxy) is 2. The van der Waals surface area contributed by atoms with E-state index in [1.165, 1.54) is 11.8 Å². The number of amides is 1. The summed E-state index contributed by atoms with van der Waals surface area (Å²) < 4.78 is 12.1. The van der Waals surface area contributed by atoms with Crippen molar-refractivity contribution in [1.29, 1.82) is 0 Å². The fraction of sp³-hybridized carbons (Fsp3) is 0.261. The average Bonchev–Trinajstić information content (AvgIpc) is 3.22. The molecule has 3 heterocycles. The Labute approximate surface area is 195 Å². The molecule has 3 aromatic heterocycles. The highest BCUT2D eigenvalue weighted by atomic mass is 32.2. The summed E-state index contributed by atoms with van der Waals surface area (Å²) in [4.78, 5) is 26.1. The fourth-order valence-corrected chi connectivity index (χ4v) is 4.01. The standard InChI is InChI=1S/C23H24N6O3S/c1-15-12-16(2)29-22(25-15)27-23(28-29)33-14-17-6-4-5-7-19(17)21(30)26-18-8-9-20(24-13-18)32-11-10-31-3/h4-9,12-13H,10-11,14H2,1-3H3,(H,26,30). The molecule has 0 aliphatic carbocycles. The van der Waals surface area contributed by atoms with Gasteiger partial charge in [-0.1, -0.05) is 30.0 Å². The lowest BCUT2D eigenvalue weighted by atomic mass is 10.1. The van der Waals surface area contributed by atoms with Crippen molar-refractivity contribution in [2.45, 2.75) is 24.8 Å². The number of nitrogens with one attached hydrogen (secondary N) is 1. The lowest BCUT2D eigenvalue weighted by Gasteiger charge is -2.10. The summed E-state index contributed by atoms with van der Waals surface area (Å²) >= 11 is 1.46. The Kier molecular flexibility index (Phi) is 7.16. The van der Waals surface area contributed by atoms with Crippen molar-refractivity contribution in [2.24, 2.45) is 0 Å². The van der Waals surface area contributed by atoms with Crippen LogP contribution in [-0.2, 0) is 10.5 Å². The first kappa shape index (κ1) is 22.7. The maximum absolute atomic E-state index is 12.9. The third-order valence-corrected chi connectivity index (χ3v) is 5.64. The van der Waals surface area contributed by atoms with Crippen molar-refractivity contribution >= 4 is 29.1 Å². The van der Waals surface area contributed by atoms with Crippen LogP contribution >= 0.6 is 11.8 Å². The number of aromatic nitrogens is 5. The maximum atomic E-state index is 12.9. The molecule has 0 radical (unpaired) electrons. The van der Waals surface area contributed by atoms with Gasteiger partial charge in [-0.05, 0) is 37.6 Å². The highest BCUT2D eigenvalue weighted by Crippen LogP contribution is 2.23. The van der Waals surface area contributed by atoms with Crippen LogP contribution in [0.5, 0.6) is 5.88 Å². The fourth-order valence-electron chi connectivity index (χ4n) is 3.19. The minimum Gasteiger partial charge on any atom is -0.475 e. The van der Waals surface area contributed by atoms with Gasteiger partial charge in [0.05, 0.1) is 18.5 Å². The number of carbonyl (C=O) groups excluding carboxylic acids is 1. The van der Waals surface area contributed by atoms with Gasteiger partial charge >= 0.3 is 0 Å². The molecule has 0 bridgehead atoms. The Balaban J connectivity index is 1.43. The van der Waals surface area contributed by atoms with Crippen LogP contribution in [0.25, 0.3) is 5.78 Å². The first-order chi connectivity index (χ1) is 16.0. The number of rotatable bonds is 9. The number of thioether (sulfide) groups is 1. The van der Waals surface area contributed by atoms with Crippen molar-refractivity contribution in [3.8, 4) is 5.88 Å². The first-order valence-corrected chi connectivity index (χ1v) is 11.3. The van der Waals surface area contributed by atoms with E-state index in [1.807, 2.05) is 38.1 Å². The minimum atomic E-state index is -0.211. The average molecular weight is 465 g/mol. The molecule has 33 heavy (non-hydrogen) atoms. The van der Waals surface area contributed by atoms with Crippen molar-refractivity contribution in [1.82, 2.24) is 24.6 Å². The summed E-state index contributed by atoms with van der Waals surface area (Å²) in [6.45, 7) is 4.80. The molecule has 1 aromatic carbocycles. The number of methoxy groups -OCH3 is 1. The second-order valence-electron chi connectivity index (χ2n) is 7.27. The lowest BCUT2D eigenvalue weighted by molar-refractivity contribution is 0.102. The van der Waals surface area contributed by atoms with Gasteiger partial charge < -0.3 is 14.8 Å². The van der Waals surface area contributed by atoms with Crippen molar-refractivity contribution in [3.63, 3.8) is 0 Å². The van der Waals surface area contributed by atoms with Crippen LogP contribution in [-0.4, -0.2) is 50.8 Å². The summed E-state index contributed by atoms with van der Waals surface area (Å²) in [6.07, 6.45) is 1.56. The van der Waals surface area contributed by atoms with Crippen LogP contribution in [0.15, 0.2) is 53.8 Å². The van der Waals surface area contributed by atoms with Crippen LogP contribution < -0.4 is 10.1 Å². The predicted octanol–water partition coefficient (Wildman–Crippen LogP) is 3.71. The highest BCUT2D eigenvalue weighted by molar-refractivity contribution is 7.98. The van der Waals surface area contributed by atoms with E-state index in [2.05, 4.69) is 25.4 Å². The molecule has 10 heteroatoms. The molecule has 0 unspecified atom stereocenters. The normalized spacial score (nSPS) is 11.0. The summed E-state index contributed by atoms with van der Waals surface area (Å²) in [7, 11) is 1.61. The Morgan fingerprint density at radius 1 is 1.12 bits per heavy atom. The van der Waals surface area contributed by atoms with Crippen LogP contribution in [0.3, 0.4) is 0 Å². The number of anilines is 1. The Morgan fingerprint density at radius 2 is 1.97 bits per heavy atom. The Hall–Kier alpha value is -3.50. The van der Waals surface area contributed by atoms with Crippen molar-refractivity contribution in [2.75, 3.05) is 25.6 Å². The molecular weight excluding hydrogens is 440 g/mol. The maximum Gasteiger partial charge on any atom is 0.256 e. The zero-order chi connectivity index (χ0) is 23.2. The van der Waals surface area contributed by atoms with Gasteiger partial charge in [0.15, 0.2) is 0 Å². The van der Waals surface area contributed by atoms with Gasteiger partial charge in [-0.15, -0.1) is 5.10 Å². The largest absolute Gasteiger partial charge is 0.475 e. The van der Waals surface area contributed by atoms with E-state index >= 15 is 0 Å². The van der Waals surface area contributed by atoms with E-state index in [9.17, 15) is 4.79 Å². The summed E-state index contributed by atoms with van der Waals surface area (Å²) in [6, 6.07) is 12.9. The predicted molar refractivity (Wildman–Crippen MR) is 126 cm³/mol. The van der Waals surface area contributed by atoms with E-state index in [4.69, 9.17) is 9.47 Å². The molecule has 1 amide bonds. The lowest BCUT2D eigenvalue weighted by Crippen LogP contribution is -2.14. The van der Waals surface area contributed by atoms with E-state index in [-0.39, 0.29) is 5.91 Å². The molecule has 0 aliphatic rings. The molecule has 4 rings (SSSR count). The van der Waals surface area contributed by atoms with Crippen LogP contribution in [0.1, 0.15) is 27.3 Å². The molecule has 0 atom stereocenters. The number of fused-ring (bicyclic) bond motifs is 1.